The topological polar surface area (TPSA) is 81.1 Å². The summed E-state index contributed by atoms with van der Waals surface area (Å²) >= 11 is 6.28. The lowest BCUT2D eigenvalue weighted by Crippen LogP contribution is -2.29. The second kappa shape index (κ2) is 8.98. The van der Waals surface area contributed by atoms with Gasteiger partial charge >= 0.3 is 0 Å². The fourth-order valence-corrected chi connectivity index (χ4v) is 8.52. The number of sulfone groups is 1. The maximum atomic E-state index is 13.7. The normalized spacial score (nSPS) is 23.5. The van der Waals surface area contributed by atoms with E-state index >= 15 is 0 Å². The molecule has 0 aliphatic heterocycles. The summed E-state index contributed by atoms with van der Waals surface area (Å²) in [6.45, 7) is 0.640. The van der Waals surface area contributed by atoms with Crippen LogP contribution in [0.25, 0.3) is 0 Å². The average Bonchev–Trinajstić information content (AvgIpc) is 3.54. The van der Waals surface area contributed by atoms with Crippen LogP contribution in [0.4, 0.5) is 18.9 Å². The van der Waals surface area contributed by atoms with E-state index in [-0.39, 0.29) is 38.9 Å². The molecule has 2 bridgehead atoms. The van der Waals surface area contributed by atoms with Gasteiger partial charge in [-0.1, -0.05) is 11.6 Å². The second-order valence-electron chi connectivity index (χ2n) is 9.09. The number of fused-ring (bicyclic) bond motifs is 2. The van der Waals surface area contributed by atoms with Crippen molar-refractivity contribution in [2.75, 3.05) is 5.32 Å². The molecular weight excluding hydrogens is 503 g/mol. The standard InChI is InChI=1S/C24H21ClF3N3O3S/c25-18-5-3-14(24(32)30-16-10-19(26)22(28)20(27)11-16)9-21(18)35(33,34)23-13-2-4-17(23)15(8-13)12-31-7-1-6-29-31/h1,3,5-7,9-11,13,15,17,23H,2,4,8,12H2,(H,30,32)/t13-,15+,17?,23+/m0/s1. The molecule has 184 valence electrons. The number of hydrogen-bond donors (Lipinski definition) is 1. The van der Waals surface area contributed by atoms with E-state index in [0.717, 1.165) is 19.3 Å². The van der Waals surface area contributed by atoms with Gasteiger partial charge in [-0.3, -0.25) is 9.48 Å². The number of nitrogens with zero attached hydrogens (tertiary/aromatic N) is 2. The number of halogens is 4. The highest BCUT2D eigenvalue weighted by Crippen LogP contribution is 2.53. The van der Waals surface area contributed by atoms with Crippen LogP contribution in [-0.4, -0.2) is 29.4 Å². The van der Waals surface area contributed by atoms with Crippen molar-refractivity contribution in [2.45, 2.75) is 36.0 Å². The molecule has 6 nitrogen and oxygen atoms in total. The minimum Gasteiger partial charge on any atom is -0.322 e. The minimum atomic E-state index is -3.88. The van der Waals surface area contributed by atoms with Gasteiger partial charge in [-0.05, 0) is 61.3 Å². The molecule has 2 fully saturated rings. The fourth-order valence-electron chi connectivity index (χ4n) is 5.59. The molecule has 2 aliphatic carbocycles. The number of carbonyl (C=O) groups excluding carboxylic acids is 1. The molecule has 0 radical (unpaired) electrons. The lowest BCUT2D eigenvalue weighted by Gasteiger charge is -2.22. The number of benzene rings is 2. The SMILES string of the molecule is O=C(Nc1cc(F)c(F)c(F)c1)c1ccc(Cl)c(S(=O)(=O)[C@H]2C3CC[C@H]2C[C@@H]3Cn2cccn2)c1. The van der Waals surface area contributed by atoms with Gasteiger partial charge in [0.2, 0.25) is 0 Å². The number of hydrogen-bond acceptors (Lipinski definition) is 4. The van der Waals surface area contributed by atoms with Crippen molar-refractivity contribution >= 4 is 33.0 Å². The molecule has 2 saturated carbocycles. The van der Waals surface area contributed by atoms with Crippen molar-refractivity contribution < 1.29 is 26.4 Å². The maximum Gasteiger partial charge on any atom is 0.255 e. The summed E-state index contributed by atoms with van der Waals surface area (Å²) in [7, 11) is -3.88. The highest BCUT2D eigenvalue weighted by atomic mass is 35.5. The predicted octanol–water partition coefficient (Wildman–Crippen LogP) is 5.09. The van der Waals surface area contributed by atoms with E-state index in [2.05, 4.69) is 10.4 Å². The highest BCUT2D eigenvalue weighted by Gasteiger charge is 2.54. The largest absolute Gasteiger partial charge is 0.322 e. The number of nitrogens with one attached hydrogen (secondary N) is 1. The third-order valence-electron chi connectivity index (χ3n) is 7.05. The van der Waals surface area contributed by atoms with Gasteiger partial charge in [-0.15, -0.1) is 0 Å². The summed E-state index contributed by atoms with van der Waals surface area (Å²) in [6, 6.07) is 6.92. The Balaban J connectivity index is 1.40. The third-order valence-corrected chi connectivity index (χ3v) is 9.89. The number of rotatable bonds is 6. The number of amides is 1. The summed E-state index contributed by atoms with van der Waals surface area (Å²) in [5.74, 6) is -5.27. The zero-order chi connectivity index (χ0) is 24.9. The average molecular weight is 524 g/mol. The van der Waals surface area contributed by atoms with Crippen LogP contribution >= 0.6 is 11.6 Å². The van der Waals surface area contributed by atoms with Gasteiger partial charge in [0, 0.05) is 42.3 Å². The van der Waals surface area contributed by atoms with E-state index in [1.807, 2.05) is 16.9 Å². The molecule has 1 amide bonds. The number of aromatic nitrogens is 2. The summed E-state index contributed by atoms with van der Waals surface area (Å²) in [5.41, 5.74) is -0.363. The van der Waals surface area contributed by atoms with Crippen LogP contribution in [0.2, 0.25) is 5.02 Å². The summed E-state index contributed by atoms with van der Waals surface area (Å²) < 4.78 is 69.5. The molecule has 0 spiro atoms. The minimum absolute atomic E-state index is 0.00431. The molecule has 0 saturated heterocycles. The maximum absolute atomic E-state index is 13.7. The number of carbonyl (C=O) groups is 1. The Morgan fingerprint density at radius 1 is 1.14 bits per heavy atom. The molecule has 1 unspecified atom stereocenters. The van der Waals surface area contributed by atoms with E-state index in [1.54, 1.807) is 6.20 Å². The lowest BCUT2D eigenvalue weighted by molar-refractivity contribution is 0.102. The van der Waals surface area contributed by atoms with E-state index in [0.29, 0.717) is 18.7 Å². The third kappa shape index (κ3) is 4.33. The van der Waals surface area contributed by atoms with Gasteiger partial charge < -0.3 is 5.32 Å². The molecule has 35 heavy (non-hydrogen) atoms. The van der Waals surface area contributed by atoms with Gasteiger partial charge in [0.15, 0.2) is 27.3 Å². The molecule has 11 heteroatoms. The first-order chi connectivity index (χ1) is 16.6. The van der Waals surface area contributed by atoms with Gasteiger partial charge in [-0.2, -0.15) is 5.10 Å². The highest BCUT2D eigenvalue weighted by molar-refractivity contribution is 7.92. The first kappa shape index (κ1) is 23.9. The first-order valence-electron chi connectivity index (χ1n) is 11.1. The van der Waals surface area contributed by atoms with Crippen LogP contribution in [0.1, 0.15) is 29.6 Å². The van der Waals surface area contributed by atoms with E-state index < -0.39 is 38.4 Å². The zero-order valence-electron chi connectivity index (χ0n) is 18.3. The Morgan fingerprint density at radius 2 is 1.89 bits per heavy atom. The monoisotopic (exact) mass is 523 g/mol. The predicted molar refractivity (Wildman–Crippen MR) is 123 cm³/mol. The fraction of sp³-hybridized carbons (Fsp3) is 0.333. The Labute approximate surface area is 205 Å². The quantitative estimate of drug-likeness (QED) is 0.456. The Bertz CT molecular complexity index is 1380. The molecule has 1 heterocycles. The zero-order valence-corrected chi connectivity index (χ0v) is 19.9. The Hall–Kier alpha value is -2.85. The lowest BCUT2D eigenvalue weighted by atomic mass is 9.89. The molecule has 4 atom stereocenters. The Morgan fingerprint density at radius 3 is 2.57 bits per heavy atom. The van der Waals surface area contributed by atoms with Gasteiger partial charge in [0.25, 0.3) is 5.91 Å². The summed E-state index contributed by atoms with van der Waals surface area (Å²) in [4.78, 5) is 12.6. The number of anilines is 1. The summed E-state index contributed by atoms with van der Waals surface area (Å²) in [5, 5.41) is 5.88. The van der Waals surface area contributed by atoms with Crippen molar-refractivity contribution in [3.63, 3.8) is 0 Å². The molecule has 1 N–H and O–H groups in total. The molecule has 2 aliphatic rings. The summed E-state index contributed by atoms with van der Waals surface area (Å²) in [6.07, 6.45) is 5.91. The Kier molecular flexibility index (Phi) is 6.13. The molecular formula is C24H21ClF3N3O3S. The van der Waals surface area contributed by atoms with E-state index in [1.165, 1.54) is 18.2 Å². The van der Waals surface area contributed by atoms with Crippen molar-refractivity contribution in [3.8, 4) is 0 Å². The first-order valence-corrected chi connectivity index (χ1v) is 13.0. The van der Waals surface area contributed by atoms with Crippen LogP contribution in [0.15, 0.2) is 53.7 Å². The van der Waals surface area contributed by atoms with Crippen molar-refractivity contribution in [1.29, 1.82) is 0 Å². The van der Waals surface area contributed by atoms with E-state index in [4.69, 9.17) is 11.6 Å². The molecule has 1 aromatic heterocycles. The van der Waals surface area contributed by atoms with Gasteiger partial charge in [0.05, 0.1) is 15.2 Å². The smallest absolute Gasteiger partial charge is 0.255 e. The van der Waals surface area contributed by atoms with Crippen LogP contribution in [0.5, 0.6) is 0 Å². The molecule has 5 rings (SSSR count). The van der Waals surface area contributed by atoms with Gasteiger partial charge in [-0.25, -0.2) is 21.6 Å². The van der Waals surface area contributed by atoms with Gasteiger partial charge in [0.1, 0.15) is 0 Å². The molecule has 2 aromatic carbocycles. The molecule has 3 aromatic rings. The van der Waals surface area contributed by atoms with Crippen LogP contribution in [-0.2, 0) is 16.4 Å². The van der Waals surface area contributed by atoms with E-state index in [9.17, 15) is 26.4 Å². The van der Waals surface area contributed by atoms with Crippen LogP contribution in [0.3, 0.4) is 0 Å². The second-order valence-corrected chi connectivity index (χ2v) is 11.6. The van der Waals surface area contributed by atoms with Crippen molar-refractivity contribution in [2.24, 2.45) is 17.8 Å². The van der Waals surface area contributed by atoms with Crippen LogP contribution < -0.4 is 5.32 Å². The van der Waals surface area contributed by atoms with Crippen molar-refractivity contribution in [3.05, 3.63) is 76.8 Å². The van der Waals surface area contributed by atoms with Crippen molar-refractivity contribution in [1.82, 2.24) is 9.78 Å². The van der Waals surface area contributed by atoms with Crippen LogP contribution in [0, 0.1) is 35.2 Å².